The molecule has 1 aromatic carbocycles. The zero-order valence-electron chi connectivity index (χ0n) is 10.7. The van der Waals surface area contributed by atoms with Crippen LogP contribution in [-0.2, 0) is 19.4 Å². The highest BCUT2D eigenvalue weighted by molar-refractivity contribution is 6.09. The van der Waals surface area contributed by atoms with Gasteiger partial charge in [0.2, 0.25) is 0 Å². The van der Waals surface area contributed by atoms with Gasteiger partial charge in [0.25, 0.3) is 0 Å². The average Bonchev–Trinajstić information content (AvgIpc) is 2.94. The lowest BCUT2D eigenvalue weighted by Gasteiger charge is -2.05. The summed E-state index contributed by atoms with van der Waals surface area (Å²) in [5.41, 5.74) is 10.4. The molecule has 0 atom stereocenters. The first-order chi connectivity index (χ1) is 9.28. The van der Waals surface area contributed by atoms with E-state index in [1.54, 1.807) is 18.3 Å². The Labute approximate surface area is 112 Å². The smallest absolute Gasteiger partial charge is 0.193 e. The van der Waals surface area contributed by atoms with Crippen LogP contribution < -0.4 is 5.73 Å². The molecule has 0 aliphatic heterocycles. The van der Waals surface area contributed by atoms with Crippen LogP contribution in [0.2, 0.25) is 0 Å². The summed E-state index contributed by atoms with van der Waals surface area (Å²) in [6.45, 7) is 0.352. The Morgan fingerprint density at radius 1 is 1.11 bits per heavy atom. The molecule has 0 amide bonds. The highest BCUT2D eigenvalue weighted by Crippen LogP contribution is 2.24. The van der Waals surface area contributed by atoms with Crippen molar-refractivity contribution in [3.05, 3.63) is 64.5 Å². The molecule has 0 bridgehead atoms. The van der Waals surface area contributed by atoms with E-state index in [1.807, 2.05) is 12.1 Å². The topological polar surface area (TPSA) is 56.0 Å². The predicted molar refractivity (Wildman–Crippen MR) is 74.0 cm³/mol. The van der Waals surface area contributed by atoms with E-state index in [0.29, 0.717) is 12.1 Å². The van der Waals surface area contributed by atoms with E-state index in [0.717, 1.165) is 24.1 Å². The average molecular weight is 252 g/mol. The lowest BCUT2D eigenvalue weighted by Crippen LogP contribution is -2.06. The first-order valence-electron chi connectivity index (χ1n) is 6.59. The predicted octanol–water partition coefficient (Wildman–Crippen LogP) is 2.26. The molecule has 0 radical (unpaired) electrons. The Kier molecular flexibility index (Phi) is 3.13. The number of aryl methyl sites for hydroxylation is 2. The van der Waals surface area contributed by atoms with Crippen LogP contribution in [0.4, 0.5) is 0 Å². The second-order valence-corrected chi connectivity index (χ2v) is 4.91. The van der Waals surface area contributed by atoms with Gasteiger partial charge >= 0.3 is 0 Å². The molecule has 3 rings (SSSR count). The monoisotopic (exact) mass is 252 g/mol. The SMILES string of the molecule is NCc1cc(C(=O)c2ccc3c(c2)CCC3)ccn1. The van der Waals surface area contributed by atoms with Crippen molar-refractivity contribution < 1.29 is 4.79 Å². The minimum atomic E-state index is 0.0480. The molecule has 1 aromatic heterocycles. The quantitative estimate of drug-likeness (QED) is 0.852. The number of ketones is 1. The Morgan fingerprint density at radius 3 is 2.74 bits per heavy atom. The maximum Gasteiger partial charge on any atom is 0.193 e. The highest BCUT2D eigenvalue weighted by atomic mass is 16.1. The number of fused-ring (bicyclic) bond motifs is 1. The van der Waals surface area contributed by atoms with Crippen molar-refractivity contribution >= 4 is 5.78 Å². The number of hydrogen-bond acceptors (Lipinski definition) is 3. The number of carbonyl (C=O) groups excluding carboxylic acids is 1. The van der Waals surface area contributed by atoms with Gasteiger partial charge in [-0.05, 0) is 48.6 Å². The number of rotatable bonds is 3. The molecule has 19 heavy (non-hydrogen) atoms. The first-order valence-corrected chi connectivity index (χ1v) is 6.59. The van der Waals surface area contributed by atoms with Crippen molar-refractivity contribution in [3.8, 4) is 0 Å². The minimum absolute atomic E-state index is 0.0480. The third-order valence-electron chi connectivity index (χ3n) is 3.65. The Morgan fingerprint density at radius 2 is 1.89 bits per heavy atom. The number of nitrogens with zero attached hydrogens (tertiary/aromatic N) is 1. The number of nitrogens with two attached hydrogens (primary N) is 1. The van der Waals surface area contributed by atoms with E-state index in [1.165, 1.54) is 17.5 Å². The molecule has 96 valence electrons. The summed E-state index contributed by atoms with van der Waals surface area (Å²) in [4.78, 5) is 16.6. The van der Waals surface area contributed by atoms with Crippen molar-refractivity contribution in [2.45, 2.75) is 25.8 Å². The summed E-state index contributed by atoms with van der Waals surface area (Å²) in [6, 6.07) is 9.56. The second kappa shape index (κ2) is 4.94. The van der Waals surface area contributed by atoms with E-state index >= 15 is 0 Å². The fourth-order valence-electron chi connectivity index (χ4n) is 2.61. The molecule has 3 nitrogen and oxygen atoms in total. The fraction of sp³-hybridized carbons (Fsp3) is 0.250. The van der Waals surface area contributed by atoms with E-state index in [9.17, 15) is 4.79 Å². The molecule has 0 unspecified atom stereocenters. The van der Waals surface area contributed by atoms with Gasteiger partial charge in [-0.15, -0.1) is 0 Å². The molecule has 0 fully saturated rings. The molecular formula is C16H16N2O. The number of carbonyl (C=O) groups is 1. The van der Waals surface area contributed by atoms with Crippen molar-refractivity contribution in [1.82, 2.24) is 4.98 Å². The molecule has 2 N–H and O–H groups in total. The van der Waals surface area contributed by atoms with Gasteiger partial charge in [0.05, 0.1) is 5.69 Å². The number of benzene rings is 1. The third kappa shape index (κ3) is 2.29. The number of hydrogen-bond donors (Lipinski definition) is 1. The number of pyridine rings is 1. The van der Waals surface area contributed by atoms with Gasteiger partial charge in [-0.2, -0.15) is 0 Å². The Hall–Kier alpha value is -2.00. The maximum atomic E-state index is 12.4. The van der Waals surface area contributed by atoms with Crippen LogP contribution in [0, 0.1) is 0 Å². The second-order valence-electron chi connectivity index (χ2n) is 4.91. The fourth-order valence-corrected chi connectivity index (χ4v) is 2.61. The van der Waals surface area contributed by atoms with Crippen molar-refractivity contribution in [1.29, 1.82) is 0 Å². The lowest BCUT2D eigenvalue weighted by molar-refractivity contribution is 0.103. The molecule has 0 saturated heterocycles. The van der Waals surface area contributed by atoms with Crippen molar-refractivity contribution in [3.63, 3.8) is 0 Å². The summed E-state index contributed by atoms with van der Waals surface area (Å²) in [6.07, 6.45) is 5.06. The van der Waals surface area contributed by atoms with Crippen LogP contribution in [0.25, 0.3) is 0 Å². The summed E-state index contributed by atoms with van der Waals surface area (Å²) >= 11 is 0. The zero-order chi connectivity index (χ0) is 13.2. The van der Waals surface area contributed by atoms with Gasteiger partial charge in [-0.1, -0.05) is 12.1 Å². The molecule has 1 heterocycles. The van der Waals surface area contributed by atoms with E-state index in [-0.39, 0.29) is 5.78 Å². The van der Waals surface area contributed by atoms with Crippen LogP contribution >= 0.6 is 0 Å². The third-order valence-corrected chi connectivity index (χ3v) is 3.65. The van der Waals surface area contributed by atoms with E-state index in [4.69, 9.17) is 5.73 Å². The van der Waals surface area contributed by atoms with Gasteiger partial charge in [0.1, 0.15) is 0 Å². The summed E-state index contributed by atoms with van der Waals surface area (Å²) in [5, 5.41) is 0. The minimum Gasteiger partial charge on any atom is -0.325 e. The number of aromatic nitrogens is 1. The van der Waals surface area contributed by atoms with Gasteiger partial charge < -0.3 is 5.73 Å². The Balaban J connectivity index is 1.95. The molecular weight excluding hydrogens is 236 g/mol. The van der Waals surface area contributed by atoms with Gasteiger partial charge in [0.15, 0.2) is 5.78 Å². The van der Waals surface area contributed by atoms with Crippen molar-refractivity contribution in [2.75, 3.05) is 0 Å². The van der Waals surface area contributed by atoms with Crippen LogP contribution in [0.3, 0.4) is 0 Å². The maximum absolute atomic E-state index is 12.4. The summed E-state index contributed by atoms with van der Waals surface area (Å²) < 4.78 is 0. The zero-order valence-corrected chi connectivity index (χ0v) is 10.7. The van der Waals surface area contributed by atoms with Crippen LogP contribution in [0.15, 0.2) is 36.5 Å². The van der Waals surface area contributed by atoms with Crippen LogP contribution in [0.1, 0.15) is 39.2 Å². The molecule has 0 saturated carbocycles. The van der Waals surface area contributed by atoms with E-state index < -0.39 is 0 Å². The first kappa shape index (κ1) is 12.1. The lowest BCUT2D eigenvalue weighted by atomic mass is 9.99. The summed E-state index contributed by atoms with van der Waals surface area (Å²) in [5.74, 6) is 0.0480. The standard InChI is InChI=1S/C16H16N2O/c17-10-15-9-14(6-7-18-15)16(19)13-5-4-11-2-1-3-12(11)8-13/h4-9H,1-3,10,17H2. The van der Waals surface area contributed by atoms with Crippen LogP contribution in [0.5, 0.6) is 0 Å². The molecule has 2 aromatic rings. The normalized spacial score (nSPS) is 13.3. The van der Waals surface area contributed by atoms with Crippen molar-refractivity contribution in [2.24, 2.45) is 5.73 Å². The molecule has 0 spiro atoms. The molecule has 1 aliphatic carbocycles. The summed E-state index contributed by atoms with van der Waals surface area (Å²) in [7, 11) is 0. The Bertz CT molecular complexity index is 634. The largest absolute Gasteiger partial charge is 0.325 e. The van der Waals surface area contributed by atoms with E-state index in [2.05, 4.69) is 11.1 Å². The van der Waals surface area contributed by atoms with Gasteiger partial charge in [-0.25, -0.2) is 0 Å². The highest BCUT2D eigenvalue weighted by Gasteiger charge is 2.15. The van der Waals surface area contributed by atoms with Gasteiger partial charge in [-0.3, -0.25) is 9.78 Å². The molecule has 3 heteroatoms. The molecule has 1 aliphatic rings. The van der Waals surface area contributed by atoms with Gasteiger partial charge in [0, 0.05) is 23.9 Å². The van der Waals surface area contributed by atoms with Crippen LogP contribution in [-0.4, -0.2) is 10.8 Å².